The van der Waals surface area contributed by atoms with Gasteiger partial charge in [0.15, 0.2) is 0 Å². The third-order valence-corrected chi connectivity index (χ3v) is 7.01. The highest BCUT2D eigenvalue weighted by Crippen LogP contribution is 2.37. The zero-order valence-electron chi connectivity index (χ0n) is 18.8. The van der Waals surface area contributed by atoms with Crippen LogP contribution < -0.4 is 9.64 Å². The summed E-state index contributed by atoms with van der Waals surface area (Å²) in [6, 6.07) is 24.6. The van der Waals surface area contributed by atoms with E-state index in [0.717, 1.165) is 51.2 Å². The van der Waals surface area contributed by atoms with Gasteiger partial charge in [-0.2, -0.15) is 0 Å². The number of aromatic nitrogens is 1. The Hall–Kier alpha value is -3.25. The number of benzene rings is 3. The van der Waals surface area contributed by atoms with Gasteiger partial charge in [0.2, 0.25) is 0 Å². The zero-order valence-corrected chi connectivity index (χ0v) is 20.4. The van der Waals surface area contributed by atoms with Gasteiger partial charge in [-0.05, 0) is 59.3 Å². The van der Waals surface area contributed by atoms with Crippen molar-refractivity contribution in [3.8, 4) is 11.4 Å². The second-order valence-corrected chi connectivity index (χ2v) is 9.10. The van der Waals surface area contributed by atoms with Gasteiger partial charge in [0.05, 0.1) is 22.7 Å². The lowest BCUT2D eigenvalue weighted by atomic mass is 10.1. The molecule has 4 aromatic rings. The lowest BCUT2D eigenvalue weighted by Crippen LogP contribution is -2.48. The Kier molecular flexibility index (Phi) is 5.85. The molecule has 0 aliphatic carbocycles. The van der Waals surface area contributed by atoms with E-state index in [2.05, 4.69) is 61.8 Å². The van der Waals surface area contributed by atoms with Crippen molar-refractivity contribution in [1.82, 2.24) is 9.47 Å². The summed E-state index contributed by atoms with van der Waals surface area (Å²) < 4.78 is 8.59. The van der Waals surface area contributed by atoms with E-state index in [1.807, 2.05) is 48.2 Å². The van der Waals surface area contributed by atoms with Crippen LogP contribution in [0.25, 0.3) is 16.6 Å². The number of carbonyl (C=O) groups is 1. The molecule has 0 atom stereocenters. The fourth-order valence-corrected chi connectivity index (χ4v) is 5.21. The predicted molar refractivity (Wildman–Crippen MR) is 137 cm³/mol. The van der Waals surface area contributed by atoms with E-state index in [0.29, 0.717) is 13.1 Å². The van der Waals surface area contributed by atoms with Crippen LogP contribution in [0.3, 0.4) is 0 Å². The number of hydrogen-bond donors (Lipinski definition) is 0. The molecule has 1 aliphatic heterocycles. The van der Waals surface area contributed by atoms with Crippen LogP contribution in [0.5, 0.6) is 5.75 Å². The number of amides is 1. The summed E-state index contributed by atoms with van der Waals surface area (Å²) in [4.78, 5) is 18.2. The highest BCUT2D eigenvalue weighted by Gasteiger charge is 2.28. The normalized spacial score (nSPS) is 14.0. The van der Waals surface area contributed by atoms with Gasteiger partial charge in [-0.25, -0.2) is 0 Å². The average Bonchev–Trinajstić information content (AvgIpc) is 3.14. The van der Waals surface area contributed by atoms with E-state index in [9.17, 15) is 4.79 Å². The zero-order chi connectivity index (χ0) is 22.9. The summed E-state index contributed by atoms with van der Waals surface area (Å²) in [6.07, 6.45) is 0. The first kappa shape index (κ1) is 21.6. The third kappa shape index (κ3) is 3.89. The van der Waals surface area contributed by atoms with Gasteiger partial charge in [0.25, 0.3) is 5.91 Å². The highest BCUT2D eigenvalue weighted by atomic mass is 79.9. The van der Waals surface area contributed by atoms with Crippen LogP contribution in [0.1, 0.15) is 16.1 Å². The van der Waals surface area contributed by atoms with Crippen LogP contribution in [0.4, 0.5) is 5.69 Å². The molecule has 0 radical (unpaired) electrons. The summed E-state index contributed by atoms with van der Waals surface area (Å²) in [5, 5.41) is 0.909. The first-order valence-electron chi connectivity index (χ1n) is 11.1. The second-order valence-electron chi connectivity index (χ2n) is 8.25. The largest absolute Gasteiger partial charge is 0.496 e. The molecule has 0 N–H and O–H groups in total. The van der Waals surface area contributed by atoms with Crippen LogP contribution in [0.15, 0.2) is 77.3 Å². The molecule has 6 heteroatoms. The molecule has 0 bridgehead atoms. The lowest BCUT2D eigenvalue weighted by molar-refractivity contribution is 0.0748. The number of ether oxygens (including phenoxy) is 1. The van der Waals surface area contributed by atoms with Crippen molar-refractivity contribution < 1.29 is 9.53 Å². The van der Waals surface area contributed by atoms with Crippen LogP contribution in [-0.4, -0.2) is 48.7 Å². The molecule has 1 aromatic heterocycles. The van der Waals surface area contributed by atoms with Gasteiger partial charge >= 0.3 is 0 Å². The van der Waals surface area contributed by atoms with E-state index in [1.165, 1.54) is 5.69 Å². The fourth-order valence-electron chi connectivity index (χ4n) is 4.72. The number of rotatable bonds is 4. The van der Waals surface area contributed by atoms with Crippen molar-refractivity contribution in [2.45, 2.75) is 6.92 Å². The van der Waals surface area contributed by atoms with Gasteiger partial charge in [-0.3, -0.25) is 4.79 Å². The van der Waals surface area contributed by atoms with E-state index < -0.39 is 0 Å². The van der Waals surface area contributed by atoms with Crippen LogP contribution in [0.2, 0.25) is 0 Å². The minimum atomic E-state index is 0.0734. The van der Waals surface area contributed by atoms with Crippen molar-refractivity contribution in [2.75, 3.05) is 38.2 Å². The summed E-state index contributed by atoms with van der Waals surface area (Å²) in [6.45, 7) is 5.06. The summed E-state index contributed by atoms with van der Waals surface area (Å²) in [7, 11) is 1.65. The van der Waals surface area contributed by atoms with E-state index >= 15 is 0 Å². The molecule has 0 unspecified atom stereocenters. The van der Waals surface area contributed by atoms with Crippen molar-refractivity contribution in [1.29, 1.82) is 0 Å². The summed E-state index contributed by atoms with van der Waals surface area (Å²) in [5.41, 5.74) is 4.90. The standard InChI is InChI=1S/C27H26BrN3O2/c1-19-26(27(32)30-15-13-29(14-16-30)20-9-5-3-6-10-20)22-17-25(33-2)23(28)18-24(22)31(19)21-11-7-4-8-12-21/h3-12,17-18H,13-16H2,1-2H3. The van der Waals surface area contributed by atoms with Gasteiger partial charge in [0, 0.05) is 48.6 Å². The molecule has 1 aliphatic rings. The van der Waals surface area contributed by atoms with Crippen LogP contribution >= 0.6 is 15.9 Å². The van der Waals surface area contributed by atoms with Gasteiger partial charge in [0.1, 0.15) is 5.75 Å². The lowest BCUT2D eigenvalue weighted by Gasteiger charge is -2.36. The number of hydrogen-bond acceptors (Lipinski definition) is 3. The number of carbonyl (C=O) groups excluding carboxylic acids is 1. The topological polar surface area (TPSA) is 37.7 Å². The fraction of sp³-hybridized carbons (Fsp3) is 0.222. The smallest absolute Gasteiger partial charge is 0.256 e. The minimum Gasteiger partial charge on any atom is -0.496 e. The molecule has 1 fully saturated rings. The Morgan fingerprint density at radius 3 is 2.09 bits per heavy atom. The molecular formula is C27H26BrN3O2. The number of halogens is 1. The number of anilines is 1. The first-order valence-corrected chi connectivity index (χ1v) is 11.9. The quantitative estimate of drug-likeness (QED) is 0.359. The maximum atomic E-state index is 13.8. The molecule has 1 saturated heterocycles. The summed E-state index contributed by atoms with van der Waals surface area (Å²) in [5.74, 6) is 0.792. The molecule has 0 saturated carbocycles. The Labute approximate surface area is 202 Å². The predicted octanol–water partition coefficient (Wildman–Crippen LogP) is 5.67. The number of methoxy groups -OCH3 is 1. The minimum absolute atomic E-state index is 0.0734. The Balaban J connectivity index is 1.54. The summed E-state index contributed by atoms with van der Waals surface area (Å²) >= 11 is 3.62. The molecule has 33 heavy (non-hydrogen) atoms. The molecule has 3 aromatic carbocycles. The van der Waals surface area contributed by atoms with Crippen molar-refractivity contribution in [3.63, 3.8) is 0 Å². The van der Waals surface area contributed by atoms with Crippen LogP contribution in [0, 0.1) is 6.92 Å². The van der Waals surface area contributed by atoms with E-state index in [4.69, 9.17) is 4.74 Å². The molecular weight excluding hydrogens is 478 g/mol. The third-order valence-electron chi connectivity index (χ3n) is 6.39. The van der Waals surface area contributed by atoms with Gasteiger partial charge in [-0.15, -0.1) is 0 Å². The monoisotopic (exact) mass is 503 g/mol. The molecule has 2 heterocycles. The van der Waals surface area contributed by atoms with Gasteiger partial charge < -0.3 is 19.1 Å². The number of piperazine rings is 1. The Bertz CT molecular complexity index is 1290. The number of fused-ring (bicyclic) bond motifs is 1. The maximum absolute atomic E-state index is 13.8. The molecule has 5 nitrogen and oxygen atoms in total. The highest BCUT2D eigenvalue weighted by molar-refractivity contribution is 9.10. The van der Waals surface area contributed by atoms with E-state index in [1.54, 1.807) is 7.11 Å². The molecule has 1 amide bonds. The van der Waals surface area contributed by atoms with Crippen molar-refractivity contribution in [3.05, 3.63) is 88.5 Å². The van der Waals surface area contributed by atoms with Crippen molar-refractivity contribution in [2.24, 2.45) is 0 Å². The first-order chi connectivity index (χ1) is 16.1. The van der Waals surface area contributed by atoms with Crippen molar-refractivity contribution >= 4 is 38.4 Å². The SMILES string of the molecule is COc1cc2c(C(=O)N3CCN(c4ccccc4)CC3)c(C)n(-c3ccccc3)c2cc1Br. The molecule has 168 valence electrons. The van der Waals surface area contributed by atoms with Crippen LogP contribution in [-0.2, 0) is 0 Å². The maximum Gasteiger partial charge on any atom is 0.256 e. The Morgan fingerprint density at radius 2 is 1.48 bits per heavy atom. The molecule has 5 rings (SSSR count). The van der Waals surface area contributed by atoms with E-state index in [-0.39, 0.29) is 5.91 Å². The average molecular weight is 504 g/mol. The Morgan fingerprint density at radius 1 is 0.879 bits per heavy atom. The number of nitrogens with zero attached hydrogens (tertiary/aromatic N) is 3. The second kappa shape index (κ2) is 8.94. The molecule has 0 spiro atoms. The van der Waals surface area contributed by atoms with Gasteiger partial charge in [-0.1, -0.05) is 36.4 Å². The number of para-hydroxylation sites is 2.